The van der Waals surface area contributed by atoms with E-state index >= 15 is 0 Å². The average Bonchev–Trinajstić information content (AvgIpc) is 2.83. The number of nitrogens with one attached hydrogen (secondary N) is 1. The third kappa shape index (κ3) is 6.67. The van der Waals surface area contributed by atoms with Crippen LogP contribution in [0.5, 0.6) is 0 Å². The second-order valence-corrected chi connectivity index (χ2v) is 7.17. The Bertz CT molecular complexity index is 1130. The van der Waals surface area contributed by atoms with E-state index in [0.717, 1.165) is 5.56 Å². The topological polar surface area (TPSA) is 132 Å². The molecular formula is C24H26N6O3. The van der Waals surface area contributed by atoms with E-state index in [9.17, 15) is 9.59 Å². The molecule has 2 aromatic carbocycles. The summed E-state index contributed by atoms with van der Waals surface area (Å²) < 4.78 is 4.82. The van der Waals surface area contributed by atoms with E-state index in [1.807, 2.05) is 36.4 Å². The van der Waals surface area contributed by atoms with E-state index < -0.39 is 12.0 Å². The predicted octanol–water partition coefficient (Wildman–Crippen LogP) is 3.73. The van der Waals surface area contributed by atoms with Crippen molar-refractivity contribution in [2.75, 3.05) is 18.9 Å². The van der Waals surface area contributed by atoms with Gasteiger partial charge in [-0.15, -0.1) is 0 Å². The van der Waals surface area contributed by atoms with Crippen molar-refractivity contribution in [3.63, 3.8) is 0 Å². The molecule has 3 aromatic rings. The number of nitrogens with two attached hydrogens (primary N) is 1. The number of aromatic nitrogens is 2. The fourth-order valence-electron chi connectivity index (χ4n) is 3.04. The van der Waals surface area contributed by atoms with Gasteiger partial charge in [-0.3, -0.25) is 4.79 Å². The molecule has 3 rings (SSSR count). The Morgan fingerprint density at radius 1 is 1.15 bits per heavy atom. The number of hydrogen-bond donors (Lipinski definition) is 2. The van der Waals surface area contributed by atoms with Crippen LogP contribution in [0.1, 0.15) is 41.5 Å². The summed E-state index contributed by atoms with van der Waals surface area (Å²) in [5.41, 5.74) is 9.20. The molecule has 1 aromatic heterocycles. The summed E-state index contributed by atoms with van der Waals surface area (Å²) in [7, 11) is 0. The van der Waals surface area contributed by atoms with Crippen LogP contribution < -0.4 is 11.1 Å². The number of carbonyl (C=O) groups is 2. The quantitative estimate of drug-likeness (QED) is 0.380. The minimum atomic E-state index is -0.510. The Morgan fingerprint density at radius 3 is 2.70 bits per heavy atom. The Labute approximate surface area is 192 Å². The molecule has 9 heteroatoms. The van der Waals surface area contributed by atoms with Crippen molar-refractivity contribution in [3.05, 3.63) is 77.6 Å². The fourth-order valence-corrected chi connectivity index (χ4v) is 3.04. The van der Waals surface area contributed by atoms with Crippen LogP contribution in [-0.2, 0) is 16.1 Å². The molecule has 0 spiro atoms. The van der Waals surface area contributed by atoms with Gasteiger partial charge < -0.3 is 15.8 Å². The first-order valence-corrected chi connectivity index (χ1v) is 10.5. The van der Waals surface area contributed by atoms with E-state index in [0.29, 0.717) is 29.1 Å². The first-order chi connectivity index (χ1) is 16.0. The molecule has 0 aliphatic rings. The maximum Gasteiger partial charge on any atom is 0.329 e. The highest BCUT2D eigenvalue weighted by molar-refractivity contribution is 5.95. The van der Waals surface area contributed by atoms with Gasteiger partial charge in [0, 0.05) is 17.7 Å². The number of hydrogen-bond acceptors (Lipinski definition) is 8. The predicted molar refractivity (Wildman–Crippen MR) is 124 cm³/mol. The number of esters is 1. The van der Waals surface area contributed by atoms with Crippen LogP contribution >= 0.6 is 0 Å². The Kier molecular flexibility index (Phi) is 8.18. The van der Waals surface area contributed by atoms with Crippen molar-refractivity contribution in [3.8, 4) is 11.3 Å². The molecule has 0 aliphatic carbocycles. The first-order valence-electron chi connectivity index (χ1n) is 10.5. The lowest BCUT2D eigenvalue weighted by Crippen LogP contribution is -2.22. The van der Waals surface area contributed by atoms with Crippen molar-refractivity contribution in [1.29, 1.82) is 0 Å². The molecule has 1 unspecified atom stereocenters. The first kappa shape index (κ1) is 23.5. The van der Waals surface area contributed by atoms with E-state index in [1.54, 1.807) is 38.2 Å². The standard InChI is InChI=1S/C24H26N6O3/c1-3-33-21(31)15-28-30-16(2)22-23(25)26-14-20(29-22)18-10-7-11-19(12-18)24(32)27-13-17-8-5-4-6-9-17/h4-12,14,16H,3,13,15H2,1-2H3,(H2,25,26)(H,27,32). The number of benzene rings is 2. The Balaban J connectivity index is 1.73. The zero-order valence-corrected chi connectivity index (χ0v) is 18.6. The number of nitrogen functional groups attached to an aromatic ring is 1. The van der Waals surface area contributed by atoms with Gasteiger partial charge in [0.25, 0.3) is 5.91 Å². The zero-order valence-electron chi connectivity index (χ0n) is 18.6. The smallest absolute Gasteiger partial charge is 0.329 e. The zero-order chi connectivity index (χ0) is 23.6. The molecule has 33 heavy (non-hydrogen) atoms. The van der Waals surface area contributed by atoms with Crippen LogP contribution in [0, 0.1) is 0 Å². The maximum absolute atomic E-state index is 12.6. The van der Waals surface area contributed by atoms with E-state index in [-0.39, 0.29) is 24.9 Å². The lowest BCUT2D eigenvalue weighted by Gasteiger charge is -2.11. The molecule has 0 bridgehead atoms. The van der Waals surface area contributed by atoms with Gasteiger partial charge >= 0.3 is 5.97 Å². The number of nitrogens with zero attached hydrogens (tertiary/aromatic N) is 4. The van der Waals surface area contributed by atoms with Gasteiger partial charge in [-0.05, 0) is 31.5 Å². The Hall–Kier alpha value is -4.14. The monoisotopic (exact) mass is 446 g/mol. The second kappa shape index (κ2) is 11.5. The van der Waals surface area contributed by atoms with Gasteiger partial charge in [0.15, 0.2) is 6.54 Å². The summed E-state index contributed by atoms with van der Waals surface area (Å²) in [6.45, 7) is 4.02. The van der Waals surface area contributed by atoms with Crippen molar-refractivity contribution in [2.24, 2.45) is 10.2 Å². The number of amides is 1. The van der Waals surface area contributed by atoms with Gasteiger partial charge in [-0.2, -0.15) is 10.2 Å². The summed E-state index contributed by atoms with van der Waals surface area (Å²) >= 11 is 0. The van der Waals surface area contributed by atoms with Gasteiger partial charge in [-0.25, -0.2) is 14.8 Å². The normalized spacial score (nSPS) is 11.8. The summed E-state index contributed by atoms with van der Waals surface area (Å²) in [5.74, 6) is -0.424. The molecule has 3 N–H and O–H groups in total. The van der Waals surface area contributed by atoms with Crippen LogP contribution in [0.25, 0.3) is 11.3 Å². The van der Waals surface area contributed by atoms with Crippen LogP contribution in [0.4, 0.5) is 5.82 Å². The molecule has 1 amide bonds. The second-order valence-electron chi connectivity index (χ2n) is 7.17. The van der Waals surface area contributed by atoms with Crippen LogP contribution in [-0.4, -0.2) is 35.0 Å². The summed E-state index contributed by atoms with van der Waals surface area (Å²) in [5, 5.41) is 10.9. The molecule has 170 valence electrons. The number of anilines is 1. The molecule has 0 saturated carbocycles. The Morgan fingerprint density at radius 2 is 1.94 bits per heavy atom. The molecule has 0 fully saturated rings. The third-order valence-corrected chi connectivity index (χ3v) is 4.70. The van der Waals surface area contributed by atoms with Gasteiger partial charge in [0.05, 0.1) is 18.5 Å². The highest BCUT2D eigenvalue weighted by atomic mass is 16.5. The van der Waals surface area contributed by atoms with E-state index in [1.165, 1.54) is 0 Å². The van der Waals surface area contributed by atoms with Crippen molar-refractivity contribution >= 4 is 17.7 Å². The van der Waals surface area contributed by atoms with Gasteiger partial charge in [0.2, 0.25) is 0 Å². The van der Waals surface area contributed by atoms with Crippen molar-refractivity contribution < 1.29 is 14.3 Å². The molecule has 1 atom stereocenters. The number of carbonyl (C=O) groups excluding carboxylic acids is 2. The molecule has 1 heterocycles. The van der Waals surface area contributed by atoms with Crippen LogP contribution in [0.3, 0.4) is 0 Å². The SMILES string of the molecule is CCOC(=O)CN=NC(C)c1nc(-c2cccc(C(=O)NCc3ccccc3)c2)cnc1N. The van der Waals surface area contributed by atoms with E-state index in [4.69, 9.17) is 10.5 Å². The third-order valence-electron chi connectivity index (χ3n) is 4.70. The summed E-state index contributed by atoms with van der Waals surface area (Å²) in [6, 6.07) is 16.3. The minimum Gasteiger partial charge on any atom is -0.465 e. The molecule has 9 nitrogen and oxygen atoms in total. The van der Waals surface area contributed by atoms with Crippen molar-refractivity contribution in [1.82, 2.24) is 15.3 Å². The molecular weight excluding hydrogens is 420 g/mol. The van der Waals surface area contributed by atoms with Crippen LogP contribution in [0.2, 0.25) is 0 Å². The molecule has 0 saturated heterocycles. The highest BCUT2D eigenvalue weighted by Gasteiger charge is 2.15. The lowest BCUT2D eigenvalue weighted by atomic mass is 10.1. The minimum absolute atomic E-state index is 0.175. The average molecular weight is 447 g/mol. The largest absolute Gasteiger partial charge is 0.465 e. The number of ether oxygens (including phenoxy) is 1. The molecule has 0 radical (unpaired) electrons. The fraction of sp³-hybridized carbons (Fsp3) is 0.250. The van der Waals surface area contributed by atoms with Crippen LogP contribution in [0.15, 0.2) is 71.0 Å². The molecule has 0 aliphatic heterocycles. The van der Waals surface area contributed by atoms with Gasteiger partial charge in [0.1, 0.15) is 17.6 Å². The van der Waals surface area contributed by atoms with Gasteiger partial charge in [-0.1, -0.05) is 42.5 Å². The summed E-state index contributed by atoms with van der Waals surface area (Å²) in [4.78, 5) is 32.8. The van der Waals surface area contributed by atoms with Crippen molar-refractivity contribution in [2.45, 2.75) is 26.4 Å². The summed E-state index contributed by atoms with van der Waals surface area (Å²) in [6.07, 6.45) is 1.54. The van der Waals surface area contributed by atoms with E-state index in [2.05, 4.69) is 25.5 Å². The number of rotatable bonds is 9. The lowest BCUT2D eigenvalue weighted by molar-refractivity contribution is -0.141. The maximum atomic E-state index is 12.6. The number of azo groups is 1. The highest BCUT2D eigenvalue weighted by Crippen LogP contribution is 2.25.